The predicted molar refractivity (Wildman–Crippen MR) is 92.6 cm³/mol. The number of pyridine rings is 1. The second-order valence-electron chi connectivity index (χ2n) is 4.82. The summed E-state index contributed by atoms with van der Waals surface area (Å²) in [5, 5.41) is 4.66. The first-order valence-electron chi connectivity index (χ1n) is 6.80. The Morgan fingerprint density at radius 2 is 2.00 bits per heavy atom. The van der Waals surface area contributed by atoms with E-state index in [4.69, 9.17) is 23.2 Å². The molecule has 0 radical (unpaired) electrons. The van der Waals surface area contributed by atoms with Gasteiger partial charge >= 0.3 is 0 Å². The van der Waals surface area contributed by atoms with Gasteiger partial charge in [0.25, 0.3) is 0 Å². The Morgan fingerprint density at radius 1 is 1.23 bits per heavy atom. The van der Waals surface area contributed by atoms with Crippen LogP contribution in [-0.2, 0) is 4.79 Å². The average Bonchev–Trinajstić information content (AvgIpc) is 2.47. The Bertz CT molecular complexity index is 652. The van der Waals surface area contributed by atoms with Crippen molar-refractivity contribution in [2.75, 3.05) is 0 Å². The molecule has 1 N–H and O–H groups in total. The number of amides is 1. The molecular weight excluding hydrogens is 339 g/mol. The van der Waals surface area contributed by atoms with E-state index in [0.29, 0.717) is 10.0 Å². The zero-order chi connectivity index (χ0) is 16.1. The van der Waals surface area contributed by atoms with E-state index in [1.807, 2.05) is 38.1 Å². The molecule has 0 aliphatic heterocycles. The van der Waals surface area contributed by atoms with Gasteiger partial charge in [0.15, 0.2) is 0 Å². The van der Waals surface area contributed by atoms with Crippen molar-refractivity contribution >= 4 is 40.9 Å². The van der Waals surface area contributed by atoms with Crippen molar-refractivity contribution in [3.8, 4) is 0 Å². The van der Waals surface area contributed by atoms with Crippen molar-refractivity contribution < 1.29 is 4.79 Å². The first kappa shape index (κ1) is 17.1. The number of hydrogen-bond donors (Lipinski definition) is 1. The summed E-state index contributed by atoms with van der Waals surface area (Å²) in [6, 6.07) is 10.7. The number of thioether (sulfide) groups is 1. The third kappa shape index (κ3) is 4.63. The van der Waals surface area contributed by atoms with Crippen LogP contribution < -0.4 is 5.32 Å². The molecule has 0 bridgehead atoms. The summed E-state index contributed by atoms with van der Waals surface area (Å²) in [4.78, 5) is 16.5. The Hall–Kier alpha value is -1.23. The van der Waals surface area contributed by atoms with Gasteiger partial charge in [-0.15, -0.1) is 0 Å². The fraction of sp³-hybridized carbons (Fsp3) is 0.250. The molecule has 3 nitrogen and oxygen atoms in total. The molecule has 0 saturated heterocycles. The molecule has 0 unspecified atom stereocenters. The molecule has 6 heteroatoms. The van der Waals surface area contributed by atoms with Crippen LogP contribution in [0, 0.1) is 0 Å². The minimum atomic E-state index is -0.247. The van der Waals surface area contributed by atoms with E-state index in [-0.39, 0.29) is 17.2 Å². The minimum absolute atomic E-state index is 0.0610. The molecule has 2 aromatic rings. The lowest BCUT2D eigenvalue weighted by molar-refractivity contribution is -0.120. The highest BCUT2D eigenvalue weighted by Crippen LogP contribution is 2.27. The van der Waals surface area contributed by atoms with Crippen molar-refractivity contribution in [2.45, 2.75) is 30.2 Å². The molecule has 0 saturated carbocycles. The van der Waals surface area contributed by atoms with E-state index < -0.39 is 0 Å². The molecule has 0 aliphatic carbocycles. The van der Waals surface area contributed by atoms with E-state index in [1.165, 1.54) is 11.8 Å². The Morgan fingerprint density at radius 3 is 2.64 bits per heavy atom. The maximum atomic E-state index is 12.3. The van der Waals surface area contributed by atoms with Crippen LogP contribution in [-0.4, -0.2) is 16.1 Å². The van der Waals surface area contributed by atoms with Gasteiger partial charge in [-0.3, -0.25) is 4.79 Å². The summed E-state index contributed by atoms with van der Waals surface area (Å²) in [6.45, 7) is 3.75. The number of halogens is 2. The van der Waals surface area contributed by atoms with Crippen LogP contribution in [0.5, 0.6) is 0 Å². The Kier molecular flexibility index (Phi) is 6.12. The number of carbonyl (C=O) groups is 1. The summed E-state index contributed by atoms with van der Waals surface area (Å²) in [6.07, 6.45) is 1.71. The lowest BCUT2D eigenvalue weighted by atomic mass is 10.1. The molecule has 0 aliphatic rings. The van der Waals surface area contributed by atoms with Crippen LogP contribution in [0.15, 0.2) is 47.6 Å². The normalized spacial score (nSPS) is 13.5. The molecule has 1 heterocycles. The fourth-order valence-electron chi connectivity index (χ4n) is 1.91. The molecule has 22 heavy (non-hydrogen) atoms. The lowest BCUT2D eigenvalue weighted by Gasteiger charge is -2.18. The molecule has 1 amide bonds. The lowest BCUT2D eigenvalue weighted by Crippen LogP contribution is -2.33. The molecule has 2 atom stereocenters. The number of nitrogens with zero attached hydrogens (tertiary/aromatic N) is 1. The van der Waals surface area contributed by atoms with E-state index >= 15 is 0 Å². The van der Waals surface area contributed by atoms with Gasteiger partial charge in [-0.05, 0) is 43.7 Å². The highest BCUT2D eigenvalue weighted by atomic mass is 35.5. The highest BCUT2D eigenvalue weighted by molar-refractivity contribution is 8.00. The zero-order valence-corrected chi connectivity index (χ0v) is 14.5. The molecule has 1 aromatic carbocycles. The van der Waals surface area contributed by atoms with E-state index in [0.717, 1.165) is 10.6 Å². The first-order valence-corrected chi connectivity index (χ1v) is 8.44. The van der Waals surface area contributed by atoms with Crippen LogP contribution in [0.4, 0.5) is 0 Å². The smallest absolute Gasteiger partial charge is 0.233 e. The largest absolute Gasteiger partial charge is 0.349 e. The number of nitrogens with one attached hydrogen (secondary N) is 1. The van der Waals surface area contributed by atoms with E-state index in [9.17, 15) is 4.79 Å². The van der Waals surface area contributed by atoms with Crippen LogP contribution in [0.3, 0.4) is 0 Å². The summed E-state index contributed by atoms with van der Waals surface area (Å²) in [5.41, 5.74) is 0.842. The molecule has 0 spiro atoms. The van der Waals surface area contributed by atoms with Crippen molar-refractivity contribution in [1.29, 1.82) is 0 Å². The molecule has 116 valence electrons. The average molecular weight is 355 g/mol. The molecule has 0 fully saturated rings. The van der Waals surface area contributed by atoms with E-state index in [1.54, 1.807) is 18.3 Å². The maximum absolute atomic E-state index is 12.3. The van der Waals surface area contributed by atoms with Gasteiger partial charge in [0.1, 0.15) is 0 Å². The minimum Gasteiger partial charge on any atom is -0.349 e. The predicted octanol–water partition coefficient (Wildman–Crippen LogP) is 4.75. The van der Waals surface area contributed by atoms with Gasteiger partial charge in [-0.25, -0.2) is 4.98 Å². The fourth-order valence-corrected chi connectivity index (χ4v) is 3.30. The molecule has 2 rings (SSSR count). The third-order valence-corrected chi connectivity index (χ3v) is 4.71. The van der Waals surface area contributed by atoms with Crippen LogP contribution in [0.1, 0.15) is 25.5 Å². The van der Waals surface area contributed by atoms with Gasteiger partial charge in [-0.2, -0.15) is 0 Å². The number of benzene rings is 1. The standard InChI is InChI=1S/C16H16Cl2N2OS/c1-10(13-7-6-12(17)9-14(13)18)20-16(21)11(2)22-15-5-3-4-8-19-15/h3-11H,1-2H3,(H,20,21)/t10-,11+/m0/s1. The van der Waals surface area contributed by atoms with Gasteiger partial charge in [0, 0.05) is 16.2 Å². The number of rotatable bonds is 5. The van der Waals surface area contributed by atoms with Gasteiger partial charge in [0.2, 0.25) is 5.91 Å². The van der Waals surface area contributed by atoms with Crippen LogP contribution >= 0.6 is 35.0 Å². The zero-order valence-electron chi connectivity index (χ0n) is 12.2. The molecule has 1 aromatic heterocycles. The second-order valence-corrected chi connectivity index (χ2v) is 7.03. The van der Waals surface area contributed by atoms with Crippen molar-refractivity contribution in [2.24, 2.45) is 0 Å². The van der Waals surface area contributed by atoms with Crippen molar-refractivity contribution in [1.82, 2.24) is 10.3 Å². The second kappa shape index (κ2) is 7.86. The van der Waals surface area contributed by atoms with Gasteiger partial charge < -0.3 is 5.32 Å². The first-order chi connectivity index (χ1) is 10.5. The van der Waals surface area contributed by atoms with Crippen LogP contribution in [0.2, 0.25) is 10.0 Å². The molecular formula is C16H16Cl2N2OS. The number of carbonyl (C=O) groups excluding carboxylic acids is 1. The summed E-state index contributed by atoms with van der Waals surface area (Å²) >= 11 is 13.5. The quantitative estimate of drug-likeness (QED) is 0.788. The topological polar surface area (TPSA) is 42.0 Å². The van der Waals surface area contributed by atoms with Crippen LogP contribution in [0.25, 0.3) is 0 Å². The Labute approximate surface area is 144 Å². The monoisotopic (exact) mass is 354 g/mol. The summed E-state index contributed by atoms with van der Waals surface area (Å²) in [7, 11) is 0. The highest BCUT2D eigenvalue weighted by Gasteiger charge is 2.19. The summed E-state index contributed by atoms with van der Waals surface area (Å²) < 4.78 is 0. The van der Waals surface area contributed by atoms with Crippen molar-refractivity contribution in [3.63, 3.8) is 0 Å². The Balaban J connectivity index is 1.98. The van der Waals surface area contributed by atoms with E-state index in [2.05, 4.69) is 10.3 Å². The summed E-state index contributed by atoms with van der Waals surface area (Å²) in [5.74, 6) is -0.0610. The maximum Gasteiger partial charge on any atom is 0.233 e. The third-order valence-electron chi connectivity index (χ3n) is 3.09. The van der Waals surface area contributed by atoms with Gasteiger partial charge in [-0.1, -0.05) is 47.1 Å². The number of hydrogen-bond acceptors (Lipinski definition) is 3. The SMILES string of the molecule is C[C@H](NC(=O)[C@@H](C)Sc1ccccn1)c1ccc(Cl)cc1Cl. The van der Waals surface area contributed by atoms with Crippen molar-refractivity contribution in [3.05, 3.63) is 58.2 Å². The van der Waals surface area contributed by atoms with Gasteiger partial charge in [0.05, 0.1) is 16.3 Å². The number of aromatic nitrogens is 1.